The number of hydrogen-bond acceptors (Lipinski definition) is 6. The van der Waals surface area contributed by atoms with Crippen molar-refractivity contribution in [1.29, 1.82) is 0 Å². The third-order valence-electron chi connectivity index (χ3n) is 4.83. The van der Waals surface area contributed by atoms with Gasteiger partial charge in [0.2, 0.25) is 0 Å². The molecule has 1 heterocycles. The lowest BCUT2D eigenvalue weighted by atomic mass is 9.74. The van der Waals surface area contributed by atoms with E-state index in [-0.39, 0.29) is 22.7 Å². The standard InChI is InChI=1S/C21H24O4S3/c1-13-5-7-15(8-6-13)28(24,25)10-9-26-20-18-16(19(27-20)14(2)22)11-21(3,4)12-17(18)23/h5-8H,9-12H2,1-4H3. The van der Waals surface area contributed by atoms with Gasteiger partial charge in [-0.05, 0) is 43.4 Å². The zero-order valence-corrected chi connectivity index (χ0v) is 18.9. The third kappa shape index (κ3) is 4.42. The van der Waals surface area contributed by atoms with E-state index in [1.165, 1.54) is 30.0 Å². The summed E-state index contributed by atoms with van der Waals surface area (Å²) in [7, 11) is -3.38. The van der Waals surface area contributed by atoms with Gasteiger partial charge in [0.1, 0.15) is 0 Å². The number of thioether (sulfide) groups is 1. The average Bonchev–Trinajstić information content (AvgIpc) is 2.92. The summed E-state index contributed by atoms with van der Waals surface area (Å²) in [5.74, 6) is 0.351. The Balaban J connectivity index is 1.81. The number of fused-ring (bicyclic) bond motifs is 1. The van der Waals surface area contributed by atoms with Crippen LogP contribution in [0, 0.1) is 12.3 Å². The van der Waals surface area contributed by atoms with Crippen LogP contribution in [0.4, 0.5) is 0 Å². The lowest BCUT2D eigenvalue weighted by molar-refractivity contribution is 0.0910. The Bertz CT molecular complexity index is 1030. The predicted molar refractivity (Wildman–Crippen MR) is 115 cm³/mol. The molecular weight excluding hydrogens is 412 g/mol. The first-order chi connectivity index (χ1) is 13.0. The van der Waals surface area contributed by atoms with Crippen molar-refractivity contribution in [2.45, 2.75) is 49.6 Å². The first-order valence-electron chi connectivity index (χ1n) is 9.12. The molecule has 3 rings (SSSR count). The largest absolute Gasteiger partial charge is 0.294 e. The summed E-state index contributed by atoms with van der Waals surface area (Å²) in [6.45, 7) is 7.51. The zero-order chi connectivity index (χ0) is 20.7. The number of Topliss-reactive ketones (excluding diaryl/α,β-unsaturated/α-hetero) is 2. The van der Waals surface area contributed by atoms with Crippen LogP contribution in [0.2, 0.25) is 0 Å². The number of thiophene rings is 1. The monoisotopic (exact) mass is 436 g/mol. The van der Waals surface area contributed by atoms with Crippen LogP contribution in [0.25, 0.3) is 0 Å². The molecule has 0 spiro atoms. The Hall–Kier alpha value is -1.44. The number of rotatable bonds is 6. The van der Waals surface area contributed by atoms with Crippen LogP contribution in [-0.2, 0) is 16.3 Å². The van der Waals surface area contributed by atoms with Gasteiger partial charge in [0.25, 0.3) is 0 Å². The topological polar surface area (TPSA) is 68.3 Å². The molecule has 0 radical (unpaired) electrons. The SMILES string of the molecule is CC(=O)c1sc(SCCS(=O)(=O)c2ccc(C)cc2)c2c1CC(C)(C)CC2=O. The minimum absolute atomic E-state index is 0.0114. The number of sulfone groups is 1. The first-order valence-corrected chi connectivity index (χ1v) is 12.6. The molecule has 1 aromatic heterocycles. The normalized spacial score (nSPS) is 16.1. The van der Waals surface area contributed by atoms with Crippen LogP contribution in [0.1, 0.15) is 58.3 Å². The number of aryl methyl sites for hydroxylation is 1. The van der Waals surface area contributed by atoms with Gasteiger partial charge in [-0.1, -0.05) is 31.5 Å². The average molecular weight is 437 g/mol. The maximum atomic E-state index is 12.7. The van der Waals surface area contributed by atoms with Crippen molar-refractivity contribution in [3.05, 3.63) is 45.8 Å². The molecule has 1 aliphatic carbocycles. The molecule has 7 heteroatoms. The predicted octanol–water partition coefficient (Wildman–Crippen LogP) is 4.98. The highest BCUT2D eigenvalue weighted by Gasteiger charge is 2.37. The second kappa shape index (κ2) is 7.76. The molecule has 0 fully saturated rings. The number of carbonyl (C=O) groups excluding carboxylic acids is 2. The fourth-order valence-corrected chi connectivity index (χ4v) is 7.72. The first kappa shape index (κ1) is 21.3. The second-order valence-corrected chi connectivity index (χ2v) is 12.5. The molecule has 1 aromatic carbocycles. The summed E-state index contributed by atoms with van der Waals surface area (Å²) in [4.78, 5) is 25.8. The van der Waals surface area contributed by atoms with E-state index < -0.39 is 9.84 Å². The van der Waals surface area contributed by atoms with E-state index in [9.17, 15) is 18.0 Å². The van der Waals surface area contributed by atoms with Gasteiger partial charge in [-0.2, -0.15) is 0 Å². The van der Waals surface area contributed by atoms with Crippen LogP contribution in [-0.4, -0.2) is 31.5 Å². The number of benzene rings is 1. The fourth-order valence-electron chi connectivity index (χ4n) is 3.45. The highest BCUT2D eigenvalue weighted by Crippen LogP contribution is 2.45. The van der Waals surface area contributed by atoms with Crippen LogP contribution < -0.4 is 0 Å². The van der Waals surface area contributed by atoms with Crippen LogP contribution >= 0.6 is 23.1 Å². The van der Waals surface area contributed by atoms with Gasteiger partial charge in [0.15, 0.2) is 21.4 Å². The molecule has 0 saturated heterocycles. The Labute approximate surface area is 174 Å². The van der Waals surface area contributed by atoms with Gasteiger partial charge in [-0.15, -0.1) is 23.1 Å². The van der Waals surface area contributed by atoms with Crippen molar-refractivity contribution in [3.8, 4) is 0 Å². The molecular formula is C21H24O4S3. The molecule has 0 amide bonds. The molecule has 4 nitrogen and oxygen atoms in total. The van der Waals surface area contributed by atoms with Gasteiger partial charge in [0.05, 0.1) is 19.7 Å². The Morgan fingerprint density at radius 3 is 2.43 bits per heavy atom. The van der Waals surface area contributed by atoms with E-state index in [1.54, 1.807) is 24.3 Å². The Morgan fingerprint density at radius 1 is 1.18 bits per heavy atom. The third-order valence-corrected chi connectivity index (χ3v) is 9.43. The molecule has 0 atom stereocenters. The fraction of sp³-hybridized carbons (Fsp3) is 0.429. The van der Waals surface area contributed by atoms with Crippen molar-refractivity contribution >= 4 is 44.5 Å². The molecule has 0 bridgehead atoms. The summed E-state index contributed by atoms with van der Waals surface area (Å²) in [6, 6.07) is 6.83. The lowest BCUT2D eigenvalue weighted by Crippen LogP contribution is -2.27. The van der Waals surface area contributed by atoms with Crippen LogP contribution in [0.5, 0.6) is 0 Å². The highest BCUT2D eigenvalue weighted by atomic mass is 32.2. The summed E-state index contributed by atoms with van der Waals surface area (Å²) < 4.78 is 25.9. The second-order valence-electron chi connectivity index (χ2n) is 8.05. The molecule has 1 aliphatic rings. The van der Waals surface area contributed by atoms with E-state index in [4.69, 9.17) is 0 Å². The maximum absolute atomic E-state index is 12.7. The van der Waals surface area contributed by atoms with E-state index >= 15 is 0 Å². The minimum atomic E-state index is -3.38. The minimum Gasteiger partial charge on any atom is -0.294 e. The van der Waals surface area contributed by atoms with Crippen molar-refractivity contribution < 1.29 is 18.0 Å². The van der Waals surface area contributed by atoms with Crippen LogP contribution in [0.3, 0.4) is 0 Å². The molecule has 0 saturated carbocycles. The maximum Gasteiger partial charge on any atom is 0.179 e. The Morgan fingerprint density at radius 2 is 1.82 bits per heavy atom. The van der Waals surface area contributed by atoms with Gasteiger partial charge in [-0.25, -0.2) is 8.42 Å². The summed E-state index contributed by atoms with van der Waals surface area (Å²) in [5, 5.41) is 0. The van der Waals surface area contributed by atoms with Gasteiger partial charge >= 0.3 is 0 Å². The van der Waals surface area contributed by atoms with E-state index in [1.807, 2.05) is 20.8 Å². The highest BCUT2D eigenvalue weighted by molar-refractivity contribution is 8.02. The molecule has 28 heavy (non-hydrogen) atoms. The zero-order valence-electron chi connectivity index (χ0n) is 16.5. The van der Waals surface area contributed by atoms with Crippen molar-refractivity contribution in [3.63, 3.8) is 0 Å². The van der Waals surface area contributed by atoms with E-state index in [0.29, 0.717) is 33.9 Å². The molecule has 0 unspecified atom stereocenters. The van der Waals surface area contributed by atoms with Crippen molar-refractivity contribution in [2.75, 3.05) is 11.5 Å². The van der Waals surface area contributed by atoms with Gasteiger partial charge < -0.3 is 0 Å². The van der Waals surface area contributed by atoms with E-state index in [0.717, 1.165) is 15.3 Å². The lowest BCUT2D eigenvalue weighted by Gasteiger charge is -2.29. The van der Waals surface area contributed by atoms with E-state index in [2.05, 4.69) is 0 Å². The van der Waals surface area contributed by atoms with Crippen LogP contribution in [0.15, 0.2) is 33.4 Å². The quantitative estimate of drug-likeness (QED) is 0.472. The number of hydrogen-bond donors (Lipinski definition) is 0. The molecule has 0 N–H and O–H groups in total. The summed E-state index contributed by atoms with van der Waals surface area (Å²) >= 11 is 2.70. The molecule has 150 valence electrons. The van der Waals surface area contributed by atoms with Crippen molar-refractivity contribution in [1.82, 2.24) is 0 Å². The smallest absolute Gasteiger partial charge is 0.179 e. The summed E-state index contributed by atoms with van der Waals surface area (Å²) in [6.07, 6.45) is 1.14. The Kier molecular flexibility index (Phi) is 5.90. The van der Waals surface area contributed by atoms with Gasteiger partial charge in [-0.3, -0.25) is 9.59 Å². The van der Waals surface area contributed by atoms with Gasteiger partial charge in [0, 0.05) is 17.7 Å². The van der Waals surface area contributed by atoms with Crippen molar-refractivity contribution in [2.24, 2.45) is 5.41 Å². The summed E-state index contributed by atoms with van der Waals surface area (Å²) in [5.41, 5.74) is 2.35. The molecule has 0 aliphatic heterocycles. The number of carbonyl (C=O) groups is 2. The number of ketones is 2. The molecule has 2 aromatic rings.